The lowest BCUT2D eigenvalue weighted by molar-refractivity contribution is -0.146. The van der Waals surface area contributed by atoms with Gasteiger partial charge in [-0.3, -0.25) is 5.10 Å². The zero-order valence-electron chi connectivity index (χ0n) is 15.9. The molecule has 28 heavy (non-hydrogen) atoms. The Morgan fingerprint density at radius 3 is 2.71 bits per heavy atom. The van der Waals surface area contributed by atoms with Crippen LogP contribution in [0.15, 0.2) is 18.3 Å². The van der Waals surface area contributed by atoms with Crippen LogP contribution in [0.1, 0.15) is 31.4 Å². The minimum Gasteiger partial charge on any atom is -0.478 e. The number of nitrogens with two attached hydrogens (primary N) is 1. The van der Waals surface area contributed by atoms with Crippen molar-refractivity contribution in [3.63, 3.8) is 0 Å². The van der Waals surface area contributed by atoms with E-state index in [1.54, 1.807) is 26.1 Å². The fourth-order valence-corrected chi connectivity index (χ4v) is 2.78. The number of alkyl carbamates (subject to hydrolysis) is 1. The van der Waals surface area contributed by atoms with E-state index in [0.29, 0.717) is 5.56 Å². The molecule has 0 radical (unpaired) electrons. The summed E-state index contributed by atoms with van der Waals surface area (Å²) in [6.07, 6.45) is -1.20. The van der Waals surface area contributed by atoms with Crippen LogP contribution in [0.5, 0.6) is 0 Å². The molecule has 0 saturated carbocycles. The first-order valence-electron chi connectivity index (χ1n) is 8.66. The van der Waals surface area contributed by atoms with E-state index in [0.717, 1.165) is 16.5 Å². The molecular weight excluding hydrogens is 368 g/mol. The average Bonchev–Trinajstić information content (AvgIpc) is 3.01. The number of aryl methyl sites for hydroxylation is 1. The van der Waals surface area contributed by atoms with Gasteiger partial charge in [0.25, 0.3) is 0 Å². The Morgan fingerprint density at radius 1 is 1.36 bits per heavy atom. The molecule has 0 spiro atoms. The van der Waals surface area contributed by atoms with Crippen LogP contribution in [0.4, 0.5) is 9.59 Å². The van der Waals surface area contributed by atoms with Gasteiger partial charge >= 0.3 is 18.2 Å². The van der Waals surface area contributed by atoms with Crippen LogP contribution in [-0.4, -0.2) is 51.7 Å². The van der Waals surface area contributed by atoms with Gasteiger partial charge in [-0.25, -0.2) is 14.4 Å². The molecule has 2 aromatic rings. The standard InChI is InChI=1S/C18H24N4O6/c1-10-6-11(7-12-9-21-22-14(10)12)8-13(15(23)24)27-17(26)20-5-4-18(2,3)28-16(19)25/h6-7,9,13H,4-5,8H2,1-3H3,(H2,19,25)(H,20,26)(H,21,22)(H,23,24)/t13-/m1/s1. The average molecular weight is 392 g/mol. The molecule has 0 fully saturated rings. The Bertz CT molecular complexity index is 876. The number of fused-ring (bicyclic) bond motifs is 1. The van der Waals surface area contributed by atoms with E-state index in [1.165, 1.54) is 0 Å². The topological polar surface area (TPSA) is 157 Å². The largest absolute Gasteiger partial charge is 0.478 e. The van der Waals surface area contributed by atoms with E-state index in [2.05, 4.69) is 15.5 Å². The second-order valence-corrected chi connectivity index (χ2v) is 7.04. The number of amides is 2. The van der Waals surface area contributed by atoms with Crippen LogP contribution < -0.4 is 11.1 Å². The van der Waals surface area contributed by atoms with Crippen molar-refractivity contribution in [1.29, 1.82) is 0 Å². The molecule has 0 saturated heterocycles. The fraction of sp³-hybridized carbons (Fsp3) is 0.444. The molecule has 2 amide bonds. The molecule has 10 nitrogen and oxygen atoms in total. The van der Waals surface area contributed by atoms with Gasteiger partial charge in [-0.1, -0.05) is 6.07 Å². The SMILES string of the molecule is Cc1cc(C[C@@H](OC(=O)NCCC(C)(C)OC(N)=O)C(=O)O)cc2cn[nH]c12. The number of carboxylic acids is 1. The Labute approximate surface area is 161 Å². The zero-order chi connectivity index (χ0) is 20.9. The third kappa shape index (κ3) is 5.86. The summed E-state index contributed by atoms with van der Waals surface area (Å²) in [5.41, 5.74) is 6.60. The van der Waals surface area contributed by atoms with Crippen molar-refractivity contribution < 1.29 is 29.0 Å². The summed E-state index contributed by atoms with van der Waals surface area (Å²) in [5.74, 6) is -1.25. The van der Waals surface area contributed by atoms with E-state index in [4.69, 9.17) is 15.2 Å². The Kier molecular flexibility index (Phi) is 6.45. The minimum atomic E-state index is -1.35. The lowest BCUT2D eigenvalue weighted by Crippen LogP contribution is -2.38. The summed E-state index contributed by atoms with van der Waals surface area (Å²) < 4.78 is 9.94. The molecule has 0 bridgehead atoms. The molecule has 0 aliphatic carbocycles. The normalized spacial score (nSPS) is 12.4. The number of nitrogens with one attached hydrogen (secondary N) is 2. The summed E-state index contributed by atoms with van der Waals surface area (Å²) in [5, 5.41) is 19.5. The number of carboxylic acid groups (broad SMARTS) is 1. The second-order valence-electron chi connectivity index (χ2n) is 7.04. The van der Waals surface area contributed by atoms with Crippen molar-refractivity contribution in [2.75, 3.05) is 6.54 Å². The highest BCUT2D eigenvalue weighted by atomic mass is 16.6. The molecule has 1 aromatic carbocycles. The number of primary amides is 1. The fourth-order valence-electron chi connectivity index (χ4n) is 2.78. The Morgan fingerprint density at radius 2 is 2.07 bits per heavy atom. The number of hydrogen-bond acceptors (Lipinski definition) is 6. The summed E-state index contributed by atoms with van der Waals surface area (Å²) in [6, 6.07) is 3.62. The van der Waals surface area contributed by atoms with E-state index in [1.807, 2.05) is 13.0 Å². The molecule has 0 aliphatic rings. The Balaban J connectivity index is 1.93. The molecule has 10 heteroatoms. The number of hydrogen-bond donors (Lipinski definition) is 4. The molecule has 1 atom stereocenters. The number of aromatic amines is 1. The van der Waals surface area contributed by atoms with Crippen molar-refractivity contribution in [1.82, 2.24) is 15.5 Å². The lowest BCUT2D eigenvalue weighted by Gasteiger charge is -2.24. The van der Waals surface area contributed by atoms with Crippen LogP contribution in [0.25, 0.3) is 10.9 Å². The van der Waals surface area contributed by atoms with Crippen LogP contribution in [-0.2, 0) is 20.7 Å². The van der Waals surface area contributed by atoms with E-state index < -0.39 is 29.9 Å². The summed E-state index contributed by atoms with van der Waals surface area (Å²) in [4.78, 5) is 34.3. The van der Waals surface area contributed by atoms with E-state index in [9.17, 15) is 19.5 Å². The minimum absolute atomic E-state index is 0.0149. The van der Waals surface area contributed by atoms with Crippen LogP contribution in [0, 0.1) is 6.92 Å². The molecule has 0 unspecified atom stereocenters. The first-order valence-corrected chi connectivity index (χ1v) is 8.66. The predicted molar refractivity (Wildman–Crippen MR) is 99.8 cm³/mol. The number of aromatic nitrogens is 2. The smallest absolute Gasteiger partial charge is 0.407 e. The first-order chi connectivity index (χ1) is 13.1. The van der Waals surface area contributed by atoms with E-state index in [-0.39, 0.29) is 19.4 Å². The third-order valence-electron chi connectivity index (χ3n) is 4.12. The van der Waals surface area contributed by atoms with Gasteiger partial charge < -0.3 is 25.6 Å². The summed E-state index contributed by atoms with van der Waals surface area (Å²) in [7, 11) is 0. The number of carbonyl (C=O) groups is 3. The van der Waals surface area contributed by atoms with Gasteiger partial charge in [0, 0.05) is 24.8 Å². The highest BCUT2D eigenvalue weighted by Crippen LogP contribution is 2.20. The number of carbonyl (C=O) groups excluding carboxylic acids is 2. The highest BCUT2D eigenvalue weighted by Gasteiger charge is 2.25. The molecule has 152 valence electrons. The van der Waals surface area contributed by atoms with Gasteiger partial charge in [0.2, 0.25) is 6.10 Å². The first kappa shape index (κ1) is 21.0. The van der Waals surface area contributed by atoms with Crippen molar-refractivity contribution in [3.8, 4) is 0 Å². The third-order valence-corrected chi connectivity index (χ3v) is 4.12. The summed E-state index contributed by atoms with van der Waals surface area (Å²) in [6.45, 7) is 5.27. The molecule has 2 rings (SSSR count). The maximum atomic E-state index is 12.0. The number of ether oxygens (including phenoxy) is 2. The van der Waals surface area contributed by atoms with Gasteiger partial charge in [-0.05, 0) is 38.0 Å². The molecule has 1 aromatic heterocycles. The van der Waals surface area contributed by atoms with Gasteiger partial charge in [-0.2, -0.15) is 5.10 Å². The molecule has 5 N–H and O–H groups in total. The molecule has 1 heterocycles. The van der Waals surface area contributed by atoms with Gasteiger partial charge in [-0.15, -0.1) is 0 Å². The van der Waals surface area contributed by atoms with Crippen LogP contribution in [0.3, 0.4) is 0 Å². The second kappa shape index (κ2) is 8.59. The molecular formula is C18H24N4O6. The van der Waals surface area contributed by atoms with Gasteiger partial charge in [0.1, 0.15) is 5.60 Å². The van der Waals surface area contributed by atoms with Crippen LogP contribution >= 0.6 is 0 Å². The van der Waals surface area contributed by atoms with Crippen molar-refractivity contribution in [3.05, 3.63) is 29.5 Å². The van der Waals surface area contributed by atoms with E-state index >= 15 is 0 Å². The monoisotopic (exact) mass is 392 g/mol. The number of rotatable bonds is 8. The number of benzene rings is 1. The number of nitrogens with zero attached hydrogens (tertiary/aromatic N) is 1. The predicted octanol–water partition coefficient (Wildman–Crippen LogP) is 1.86. The van der Waals surface area contributed by atoms with Crippen molar-refractivity contribution in [2.24, 2.45) is 5.73 Å². The molecule has 0 aliphatic heterocycles. The number of aliphatic carboxylic acids is 1. The van der Waals surface area contributed by atoms with Gasteiger partial charge in [0.15, 0.2) is 0 Å². The summed E-state index contributed by atoms with van der Waals surface area (Å²) >= 11 is 0. The highest BCUT2D eigenvalue weighted by molar-refractivity contribution is 5.82. The quantitative estimate of drug-likeness (QED) is 0.534. The van der Waals surface area contributed by atoms with Crippen LogP contribution in [0.2, 0.25) is 0 Å². The van der Waals surface area contributed by atoms with Gasteiger partial charge in [0.05, 0.1) is 11.7 Å². The maximum Gasteiger partial charge on any atom is 0.407 e. The van der Waals surface area contributed by atoms with Crippen molar-refractivity contribution in [2.45, 2.75) is 45.3 Å². The maximum absolute atomic E-state index is 12.0. The van der Waals surface area contributed by atoms with Crippen molar-refractivity contribution >= 4 is 29.1 Å². The zero-order valence-corrected chi connectivity index (χ0v) is 15.9. The lowest BCUT2D eigenvalue weighted by atomic mass is 10.0. The number of H-pyrrole nitrogens is 1. The Hall–Kier alpha value is -3.30.